The summed E-state index contributed by atoms with van der Waals surface area (Å²) >= 11 is 0. The quantitative estimate of drug-likeness (QED) is 0.860. The molecule has 5 heteroatoms. The number of aromatic hydroxyl groups is 1. The second-order valence-electron chi connectivity index (χ2n) is 6.32. The summed E-state index contributed by atoms with van der Waals surface area (Å²) in [5.41, 5.74) is 2.78. The maximum absolute atomic E-state index is 12.2. The Labute approximate surface area is 152 Å². The van der Waals surface area contributed by atoms with Gasteiger partial charge in [0.15, 0.2) is 0 Å². The number of benzene rings is 2. The zero-order valence-electron chi connectivity index (χ0n) is 14.4. The number of rotatable bonds is 2. The van der Waals surface area contributed by atoms with Gasteiger partial charge in [0.1, 0.15) is 11.3 Å². The number of para-hydroxylation sites is 1. The molecule has 1 heterocycles. The van der Waals surface area contributed by atoms with Crippen LogP contribution in [-0.4, -0.2) is 40.0 Å². The Hall–Kier alpha value is -3.08. The number of aromatic carboxylic acids is 1. The third kappa shape index (κ3) is 3.77. The molecular formula is C21H21NO4. The molecule has 2 aliphatic rings. The fraction of sp³-hybridized carbons (Fsp3) is 0.238. The van der Waals surface area contributed by atoms with Crippen molar-refractivity contribution in [3.05, 3.63) is 70.9 Å². The van der Waals surface area contributed by atoms with Crippen molar-refractivity contribution in [1.29, 1.82) is 0 Å². The average Bonchev–Trinajstić information content (AvgIpc) is 3.00. The van der Waals surface area contributed by atoms with Crippen molar-refractivity contribution in [2.75, 3.05) is 13.1 Å². The molecule has 0 aromatic heterocycles. The van der Waals surface area contributed by atoms with Gasteiger partial charge in [-0.3, -0.25) is 4.79 Å². The number of piperidine rings is 1. The summed E-state index contributed by atoms with van der Waals surface area (Å²) in [6.45, 7) is 2.07. The van der Waals surface area contributed by atoms with Crippen LogP contribution in [0.4, 0.5) is 0 Å². The van der Waals surface area contributed by atoms with E-state index >= 15 is 0 Å². The number of phenols is 1. The molecule has 1 aliphatic heterocycles. The van der Waals surface area contributed by atoms with E-state index in [1.54, 1.807) is 12.1 Å². The summed E-state index contributed by atoms with van der Waals surface area (Å²) < 4.78 is 0. The summed E-state index contributed by atoms with van der Waals surface area (Å²) in [5.74, 6) is -1.11. The molecule has 1 saturated heterocycles. The van der Waals surface area contributed by atoms with E-state index in [4.69, 9.17) is 10.2 Å². The van der Waals surface area contributed by atoms with Gasteiger partial charge in [-0.1, -0.05) is 36.4 Å². The fourth-order valence-corrected chi connectivity index (χ4v) is 3.20. The first-order chi connectivity index (χ1) is 12.6. The van der Waals surface area contributed by atoms with E-state index in [1.807, 2.05) is 30.3 Å². The van der Waals surface area contributed by atoms with Gasteiger partial charge in [0.2, 0.25) is 5.78 Å². The number of hydrogen-bond acceptors (Lipinski definition) is 4. The highest BCUT2D eigenvalue weighted by molar-refractivity contribution is 6.17. The first-order valence-electron chi connectivity index (χ1n) is 8.69. The van der Waals surface area contributed by atoms with E-state index in [2.05, 4.69) is 4.90 Å². The van der Waals surface area contributed by atoms with Gasteiger partial charge in [0, 0.05) is 18.7 Å². The highest BCUT2D eigenvalue weighted by atomic mass is 16.4. The minimum Gasteiger partial charge on any atom is -0.507 e. The predicted octanol–water partition coefficient (Wildman–Crippen LogP) is 3.80. The largest absolute Gasteiger partial charge is 0.507 e. The van der Waals surface area contributed by atoms with E-state index in [9.17, 15) is 9.59 Å². The summed E-state index contributed by atoms with van der Waals surface area (Å²) in [7, 11) is 0. The number of carbonyl (C=O) groups is 2. The van der Waals surface area contributed by atoms with Gasteiger partial charge in [-0.2, -0.15) is 0 Å². The van der Waals surface area contributed by atoms with Crippen LogP contribution in [0.2, 0.25) is 0 Å². The van der Waals surface area contributed by atoms with Gasteiger partial charge in [-0.15, -0.1) is 0 Å². The molecule has 0 spiro atoms. The number of hydrogen-bond donors (Lipinski definition) is 2. The van der Waals surface area contributed by atoms with Crippen LogP contribution in [0.15, 0.2) is 54.2 Å². The number of carbonyl (C=O) groups excluding carboxylic acids is 1. The maximum Gasteiger partial charge on any atom is 0.339 e. The van der Waals surface area contributed by atoms with Crippen molar-refractivity contribution in [2.45, 2.75) is 19.3 Å². The lowest BCUT2D eigenvalue weighted by Crippen LogP contribution is -2.31. The Balaban J connectivity index is 0.000000170. The minimum atomic E-state index is -1.11. The van der Waals surface area contributed by atoms with E-state index in [0.717, 1.165) is 29.9 Å². The first-order valence-corrected chi connectivity index (χ1v) is 8.69. The Morgan fingerprint density at radius 2 is 1.58 bits per heavy atom. The molecule has 0 atom stereocenters. The SMILES string of the molecule is O=C(O)c1ccccc1O.O=C1C(N2CCCCC2)=Cc2ccccc21. The Morgan fingerprint density at radius 3 is 2.19 bits per heavy atom. The molecule has 1 fully saturated rings. The average molecular weight is 351 g/mol. The second kappa shape index (κ2) is 7.87. The van der Waals surface area contributed by atoms with E-state index < -0.39 is 5.97 Å². The smallest absolute Gasteiger partial charge is 0.339 e. The molecule has 2 aromatic carbocycles. The number of carboxylic acid groups (broad SMARTS) is 1. The summed E-state index contributed by atoms with van der Waals surface area (Å²) in [4.78, 5) is 24.7. The Bertz CT molecular complexity index is 851. The molecule has 26 heavy (non-hydrogen) atoms. The lowest BCUT2D eigenvalue weighted by Gasteiger charge is -2.28. The van der Waals surface area contributed by atoms with Crippen LogP contribution < -0.4 is 0 Å². The highest BCUT2D eigenvalue weighted by Crippen LogP contribution is 2.28. The number of likely N-dealkylation sites (tertiary alicyclic amines) is 1. The van der Waals surface area contributed by atoms with E-state index in [0.29, 0.717) is 0 Å². The van der Waals surface area contributed by atoms with Crippen molar-refractivity contribution < 1.29 is 19.8 Å². The molecule has 2 N–H and O–H groups in total. The summed E-state index contributed by atoms with van der Waals surface area (Å²) in [6.07, 6.45) is 5.76. The third-order valence-electron chi connectivity index (χ3n) is 4.56. The Kier molecular flexibility index (Phi) is 5.37. The van der Waals surface area contributed by atoms with Crippen LogP contribution in [0.5, 0.6) is 5.75 Å². The van der Waals surface area contributed by atoms with Gasteiger partial charge in [0.05, 0.1) is 5.70 Å². The molecule has 5 nitrogen and oxygen atoms in total. The summed E-state index contributed by atoms with van der Waals surface area (Å²) in [6, 6.07) is 13.7. The van der Waals surface area contributed by atoms with Crippen molar-refractivity contribution in [1.82, 2.24) is 4.90 Å². The van der Waals surface area contributed by atoms with E-state index in [-0.39, 0.29) is 17.1 Å². The number of ketones is 1. The van der Waals surface area contributed by atoms with Crippen molar-refractivity contribution in [3.8, 4) is 5.75 Å². The highest BCUT2D eigenvalue weighted by Gasteiger charge is 2.26. The van der Waals surface area contributed by atoms with Crippen LogP contribution in [0, 0.1) is 0 Å². The molecule has 0 radical (unpaired) electrons. The molecule has 2 aromatic rings. The van der Waals surface area contributed by atoms with Crippen molar-refractivity contribution in [2.24, 2.45) is 0 Å². The van der Waals surface area contributed by atoms with Crippen molar-refractivity contribution in [3.63, 3.8) is 0 Å². The Morgan fingerprint density at radius 1 is 0.923 bits per heavy atom. The molecule has 134 valence electrons. The maximum atomic E-state index is 12.2. The van der Waals surface area contributed by atoms with Crippen LogP contribution in [0.3, 0.4) is 0 Å². The second-order valence-corrected chi connectivity index (χ2v) is 6.32. The van der Waals surface area contributed by atoms with E-state index in [1.165, 1.54) is 31.4 Å². The normalized spacial score (nSPS) is 15.6. The molecule has 0 unspecified atom stereocenters. The topological polar surface area (TPSA) is 77.8 Å². The molecule has 0 bridgehead atoms. The number of allylic oxidation sites excluding steroid dienone is 1. The van der Waals surface area contributed by atoms with Gasteiger partial charge in [0.25, 0.3) is 0 Å². The predicted molar refractivity (Wildman–Crippen MR) is 99.2 cm³/mol. The van der Waals surface area contributed by atoms with Crippen LogP contribution in [0.25, 0.3) is 6.08 Å². The standard InChI is InChI=1S/C14H15NO.C7H6O3/c16-14-12-7-3-2-6-11(12)10-13(14)15-8-4-1-5-9-15;8-6-4-2-1-3-5(6)7(9)10/h2-3,6-7,10H,1,4-5,8-9H2;1-4,8H,(H,9,10). The van der Waals surface area contributed by atoms with Crippen LogP contribution >= 0.6 is 0 Å². The number of fused-ring (bicyclic) bond motifs is 1. The first kappa shape index (κ1) is 17.7. The monoisotopic (exact) mass is 351 g/mol. The van der Waals surface area contributed by atoms with Crippen LogP contribution in [0.1, 0.15) is 45.5 Å². The zero-order valence-corrected chi connectivity index (χ0v) is 14.4. The number of carboxylic acids is 1. The molecule has 0 saturated carbocycles. The minimum absolute atomic E-state index is 0.0671. The fourth-order valence-electron chi connectivity index (χ4n) is 3.20. The van der Waals surface area contributed by atoms with Gasteiger partial charge < -0.3 is 15.1 Å². The number of Topliss-reactive ketones (excluding diaryl/α,β-unsaturated/α-hetero) is 1. The lowest BCUT2D eigenvalue weighted by atomic mass is 10.1. The lowest BCUT2D eigenvalue weighted by molar-refractivity contribution is 0.0693. The third-order valence-corrected chi connectivity index (χ3v) is 4.56. The van der Waals surface area contributed by atoms with Crippen LogP contribution in [-0.2, 0) is 0 Å². The van der Waals surface area contributed by atoms with Gasteiger partial charge in [-0.05, 0) is 43.0 Å². The van der Waals surface area contributed by atoms with Crippen molar-refractivity contribution >= 4 is 17.8 Å². The molecule has 1 aliphatic carbocycles. The van der Waals surface area contributed by atoms with Gasteiger partial charge in [-0.25, -0.2) is 4.79 Å². The molecular weight excluding hydrogens is 330 g/mol. The van der Waals surface area contributed by atoms with Gasteiger partial charge >= 0.3 is 5.97 Å². The summed E-state index contributed by atoms with van der Waals surface area (Å²) in [5, 5.41) is 17.3. The molecule has 0 amide bonds. The number of nitrogens with zero attached hydrogens (tertiary/aromatic N) is 1. The zero-order chi connectivity index (χ0) is 18.5. The molecule has 4 rings (SSSR count).